The third kappa shape index (κ3) is 1.20. The quantitative estimate of drug-likeness (QED) is 0.501. The molecule has 0 amide bonds. The summed E-state index contributed by atoms with van der Waals surface area (Å²) in [5.74, 6) is 1.87. The minimum atomic E-state index is 0.933. The van der Waals surface area contributed by atoms with Crippen molar-refractivity contribution in [1.82, 2.24) is 0 Å². The van der Waals surface area contributed by atoms with Crippen LogP contribution in [0.2, 0.25) is 0 Å². The molecule has 0 bridgehead atoms. The Morgan fingerprint density at radius 2 is 1.40 bits per heavy atom. The summed E-state index contributed by atoms with van der Waals surface area (Å²) in [6, 6.07) is 0. The second kappa shape index (κ2) is 2.91. The first-order valence-corrected chi connectivity index (χ1v) is 4.54. The molecule has 1 saturated carbocycles. The minimum Gasteiger partial charge on any atom is -0.381 e. The second-order valence-corrected chi connectivity index (χ2v) is 3.70. The predicted molar refractivity (Wildman–Crippen MR) is 40.9 cm³/mol. The number of hydrogen-bond acceptors (Lipinski definition) is 1. The zero-order chi connectivity index (χ0) is 6.81. The molecule has 1 aliphatic carbocycles. The van der Waals surface area contributed by atoms with Crippen LogP contribution in [-0.4, -0.2) is 13.2 Å². The molecular formula is C9H16O. The van der Waals surface area contributed by atoms with Crippen molar-refractivity contribution in [1.29, 1.82) is 0 Å². The summed E-state index contributed by atoms with van der Waals surface area (Å²) >= 11 is 0. The van der Waals surface area contributed by atoms with Gasteiger partial charge in [0.05, 0.1) is 0 Å². The highest BCUT2D eigenvalue weighted by atomic mass is 16.5. The largest absolute Gasteiger partial charge is 0.381 e. The molecule has 2 unspecified atom stereocenters. The Labute approximate surface area is 62.8 Å². The van der Waals surface area contributed by atoms with Gasteiger partial charge in [0, 0.05) is 13.2 Å². The number of fused-ring (bicyclic) bond motifs is 1. The lowest BCUT2D eigenvalue weighted by Crippen LogP contribution is -2.09. The van der Waals surface area contributed by atoms with E-state index in [1.807, 2.05) is 0 Å². The minimum absolute atomic E-state index is 0.933. The zero-order valence-corrected chi connectivity index (χ0v) is 6.51. The summed E-state index contributed by atoms with van der Waals surface area (Å²) in [5, 5.41) is 0. The highest BCUT2D eigenvalue weighted by Gasteiger charge is 2.28. The summed E-state index contributed by atoms with van der Waals surface area (Å²) in [7, 11) is 0. The average Bonchev–Trinajstić information content (AvgIpc) is 2.28. The Hall–Kier alpha value is -0.0400. The lowest BCUT2D eigenvalue weighted by Gasteiger charge is -2.11. The Bertz CT molecular complexity index is 99.3. The van der Waals surface area contributed by atoms with Crippen molar-refractivity contribution in [3.05, 3.63) is 0 Å². The fourth-order valence-electron chi connectivity index (χ4n) is 2.27. The van der Waals surface area contributed by atoms with Crippen LogP contribution in [0.4, 0.5) is 0 Å². The van der Waals surface area contributed by atoms with Crippen LogP contribution in [0, 0.1) is 11.8 Å². The van der Waals surface area contributed by atoms with E-state index in [4.69, 9.17) is 4.74 Å². The maximum atomic E-state index is 5.45. The van der Waals surface area contributed by atoms with E-state index in [9.17, 15) is 0 Å². The van der Waals surface area contributed by atoms with E-state index >= 15 is 0 Å². The Morgan fingerprint density at radius 1 is 0.800 bits per heavy atom. The maximum absolute atomic E-state index is 5.45. The standard InChI is InChI=1S/C9H16O/c1-2-4-8-6-10-7-9(8)5-3-1/h8-9H,1-7H2. The second-order valence-electron chi connectivity index (χ2n) is 3.70. The van der Waals surface area contributed by atoms with Gasteiger partial charge >= 0.3 is 0 Å². The summed E-state index contributed by atoms with van der Waals surface area (Å²) in [5.41, 5.74) is 0. The van der Waals surface area contributed by atoms with E-state index in [1.165, 1.54) is 32.1 Å². The van der Waals surface area contributed by atoms with Crippen molar-refractivity contribution in [3.63, 3.8) is 0 Å². The van der Waals surface area contributed by atoms with Gasteiger partial charge < -0.3 is 4.74 Å². The van der Waals surface area contributed by atoms with Gasteiger partial charge in [-0.3, -0.25) is 0 Å². The molecule has 0 spiro atoms. The summed E-state index contributed by atoms with van der Waals surface area (Å²) in [6.45, 7) is 2.12. The molecule has 1 saturated heterocycles. The molecule has 2 atom stereocenters. The van der Waals surface area contributed by atoms with E-state index in [2.05, 4.69) is 0 Å². The van der Waals surface area contributed by atoms with Crippen molar-refractivity contribution in [2.75, 3.05) is 13.2 Å². The number of rotatable bonds is 0. The first-order chi connectivity index (χ1) is 4.97. The molecule has 0 radical (unpaired) electrons. The molecule has 0 aromatic heterocycles. The van der Waals surface area contributed by atoms with Gasteiger partial charge in [0.25, 0.3) is 0 Å². The molecule has 2 fully saturated rings. The molecule has 1 nitrogen and oxygen atoms in total. The molecule has 1 aliphatic heterocycles. The number of hydrogen-bond donors (Lipinski definition) is 0. The summed E-state index contributed by atoms with van der Waals surface area (Å²) in [4.78, 5) is 0. The van der Waals surface area contributed by atoms with E-state index in [-0.39, 0.29) is 0 Å². The average molecular weight is 140 g/mol. The third-order valence-corrected chi connectivity index (χ3v) is 2.98. The van der Waals surface area contributed by atoms with Crippen LogP contribution in [0.15, 0.2) is 0 Å². The SMILES string of the molecule is C1CCC2COCC2CC1. The maximum Gasteiger partial charge on any atom is 0.0497 e. The van der Waals surface area contributed by atoms with Gasteiger partial charge in [-0.05, 0) is 24.7 Å². The Morgan fingerprint density at radius 3 is 2.00 bits per heavy atom. The van der Waals surface area contributed by atoms with Crippen LogP contribution in [0.3, 0.4) is 0 Å². The smallest absolute Gasteiger partial charge is 0.0497 e. The van der Waals surface area contributed by atoms with Crippen molar-refractivity contribution < 1.29 is 4.74 Å². The monoisotopic (exact) mass is 140 g/mol. The van der Waals surface area contributed by atoms with Gasteiger partial charge in [0.2, 0.25) is 0 Å². The molecule has 0 N–H and O–H groups in total. The molecule has 1 heterocycles. The van der Waals surface area contributed by atoms with Crippen LogP contribution >= 0.6 is 0 Å². The number of ether oxygens (including phenoxy) is 1. The van der Waals surface area contributed by atoms with Gasteiger partial charge in [-0.1, -0.05) is 19.3 Å². The fourth-order valence-corrected chi connectivity index (χ4v) is 2.27. The van der Waals surface area contributed by atoms with Gasteiger partial charge in [0.15, 0.2) is 0 Å². The molecule has 0 aromatic carbocycles. The third-order valence-electron chi connectivity index (χ3n) is 2.98. The zero-order valence-electron chi connectivity index (χ0n) is 6.51. The lowest BCUT2D eigenvalue weighted by molar-refractivity contribution is 0.176. The van der Waals surface area contributed by atoms with E-state index in [0.29, 0.717) is 0 Å². The van der Waals surface area contributed by atoms with Crippen molar-refractivity contribution in [2.45, 2.75) is 32.1 Å². The molecule has 2 rings (SSSR count). The lowest BCUT2D eigenvalue weighted by atomic mass is 9.92. The molecular weight excluding hydrogens is 124 g/mol. The van der Waals surface area contributed by atoms with Crippen LogP contribution in [0.25, 0.3) is 0 Å². The normalized spacial score (nSPS) is 40.8. The van der Waals surface area contributed by atoms with Crippen molar-refractivity contribution >= 4 is 0 Å². The van der Waals surface area contributed by atoms with Gasteiger partial charge in [-0.25, -0.2) is 0 Å². The van der Waals surface area contributed by atoms with Crippen molar-refractivity contribution in [2.24, 2.45) is 11.8 Å². The first kappa shape index (κ1) is 6.66. The van der Waals surface area contributed by atoms with Crippen LogP contribution in [0.1, 0.15) is 32.1 Å². The Balaban J connectivity index is 1.95. The highest BCUT2D eigenvalue weighted by molar-refractivity contribution is 4.77. The first-order valence-electron chi connectivity index (χ1n) is 4.54. The molecule has 0 aromatic rings. The molecule has 10 heavy (non-hydrogen) atoms. The van der Waals surface area contributed by atoms with E-state index in [1.54, 1.807) is 0 Å². The van der Waals surface area contributed by atoms with Gasteiger partial charge in [0.1, 0.15) is 0 Å². The molecule has 1 heteroatoms. The topological polar surface area (TPSA) is 9.23 Å². The van der Waals surface area contributed by atoms with Crippen LogP contribution < -0.4 is 0 Å². The van der Waals surface area contributed by atoms with Crippen molar-refractivity contribution in [3.8, 4) is 0 Å². The predicted octanol–water partition coefficient (Wildman–Crippen LogP) is 2.21. The highest BCUT2D eigenvalue weighted by Crippen LogP contribution is 2.33. The van der Waals surface area contributed by atoms with Crippen LogP contribution in [-0.2, 0) is 4.74 Å². The van der Waals surface area contributed by atoms with E-state index in [0.717, 1.165) is 25.0 Å². The molecule has 2 aliphatic rings. The summed E-state index contributed by atoms with van der Waals surface area (Å²) < 4.78 is 5.45. The van der Waals surface area contributed by atoms with Gasteiger partial charge in [-0.2, -0.15) is 0 Å². The van der Waals surface area contributed by atoms with Gasteiger partial charge in [-0.15, -0.1) is 0 Å². The molecule has 58 valence electrons. The Kier molecular flexibility index (Phi) is 1.94. The van der Waals surface area contributed by atoms with E-state index < -0.39 is 0 Å². The summed E-state index contributed by atoms with van der Waals surface area (Å²) in [6.07, 6.45) is 7.23. The van der Waals surface area contributed by atoms with Crippen LogP contribution in [0.5, 0.6) is 0 Å². The fraction of sp³-hybridized carbons (Fsp3) is 1.00.